The maximum atomic E-state index is 4.25. The third kappa shape index (κ3) is 1.74. The average molecular weight is 188 g/mol. The summed E-state index contributed by atoms with van der Waals surface area (Å²) in [5.74, 6) is 1.54. The lowest BCUT2D eigenvalue weighted by Crippen LogP contribution is -2.00. The van der Waals surface area contributed by atoms with Crippen LogP contribution < -0.4 is 5.32 Å². The van der Waals surface area contributed by atoms with Crippen LogP contribution in [0.15, 0.2) is 30.1 Å². The fourth-order valence-corrected chi connectivity index (χ4v) is 1.19. The van der Waals surface area contributed by atoms with E-state index < -0.39 is 0 Å². The van der Waals surface area contributed by atoms with E-state index in [1.807, 2.05) is 38.3 Å². The van der Waals surface area contributed by atoms with E-state index in [0.717, 1.165) is 17.1 Å². The third-order valence-electron chi connectivity index (χ3n) is 1.93. The van der Waals surface area contributed by atoms with Crippen molar-refractivity contribution in [3.8, 4) is 0 Å². The normalized spacial score (nSPS) is 15.6. The summed E-state index contributed by atoms with van der Waals surface area (Å²) < 4.78 is 0. The number of hydrogen-bond donors (Lipinski definition) is 2. The molecule has 2 heterocycles. The van der Waals surface area contributed by atoms with Crippen molar-refractivity contribution in [2.24, 2.45) is 0 Å². The minimum atomic E-state index is 0.717. The van der Waals surface area contributed by atoms with Gasteiger partial charge in [-0.25, -0.2) is 4.98 Å². The third-order valence-corrected chi connectivity index (χ3v) is 1.93. The Morgan fingerprint density at radius 2 is 2.14 bits per heavy atom. The molecule has 14 heavy (non-hydrogen) atoms. The molecule has 2 N–H and O–H groups in total. The van der Waals surface area contributed by atoms with Crippen LogP contribution in [0.3, 0.4) is 0 Å². The second-order valence-electron chi connectivity index (χ2n) is 3.20. The van der Waals surface area contributed by atoms with Crippen LogP contribution in [0.1, 0.15) is 18.6 Å². The van der Waals surface area contributed by atoms with Gasteiger partial charge in [0, 0.05) is 17.5 Å². The van der Waals surface area contributed by atoms with Crippen LogP contribution in [0.5, 0.6) is 0 Å². The maximum Gasteiger partial charge on any atom is 0.182 e. The van der Waals surface area contributed by atoms with Crippen molar-refractivity contribution in [3.63, 3.8) is 0 Å². The van der Waals surface area contributed by atoms with Crippen molar-refractivity contribution < 1.29 is 0 Å². The van der Waals surface area contributed by atoms with Gasteiger partial charge in [0.15, 0.2) is 5.82 Å². The molecule has 0 spiro atoms. The molecule has 0 atom stereocenters. The topological polar surface area (TPSA) is 53.6 Å². The van der Waals surface area contributed by atoms with Gasteiger partial charge in [-0.05, 0) is 26.0 Å². The molecule has 0 bridgehead atoms. The molecular formula is C10H12N4. The highest BCUT2D eigenvalue weighted by Gasteiger charge is 2.04. The fraction of sp³-hybridized carbons (Fsp3) is 0.200. The smallest absolute Gasteiger partial charge is 0.182 e. The van der Waals surface area contributed by atoms with E-state index in [2.05, 4.69) is 20.5 Å². The second-order valence-corrected chi connectivity index (χ2v) is 3.20. The number of aromatic nitrogens is 3. The van der Waals surface area contributed by atoms with Gasteiger partial charge in [0.2, 0.25) is 0 Å². The molecular weight excluding hydrogens is 176 g/mol. The first-order valence-electron chi connectivity index (χ1n) is 4.47. The van der Waals surface area contributed by atoms with Crippen LogP contribution in [0, 0.1) is 6.92 Å². The van der Waals surface area contributed by atoms with Gasteiger partial charge in [-0.15, -0.1) is 0 Å². The van der Waals surface area contributed by atoms with Crippen LogP contribution in [0.25, 0.3) is 5.57 Å². The van der Waals surface area contributed by atoms with E-state index in [4.69, 9.17) is 0 Å². The fourth-order valence-electron chi connectivity index (χ4n) is 1.19. The van der Waals surface area contributed by atoms with Crippen LogP contribution >= 0.6 is 0 Å². The highest BCUT2D eigenvalue weighted by Crippen LogP contribution is 2.12. The average Bonchev–Trinajstić information content (AvgIpc) is 2.46. The quantitative estimate of drug-likeness (QED) is 0.702. The van der Waals surface area contributed by atoms with Crippen LogP contribution in [0.4, 0.5) is 0 Å². The van der Waals surface area contributed by atoms with E-state index in [0.29, 0.717) is 5.82 Å². The molecule has 1 aromatic rings. The van der Waals surface area contributed by atoms with E-state index in [-0.39, 0.29) is 0 Å². The minimum absolute atomic E-state index is 0.717. The number of nitrogens with zero attached hydrogens (tertiary/aromatic N) is 2. The first kappa shape index (κ1) is 8.74. The lowest BCUT2D eigenvalue weighted by Gasteiger charge is -1.97. The molecule has 0 fully saturated rings. The zero-order valence-electron chi connectivity index (χ0n) is 8.20. The van der Waals surface area contributed by atoms with Crippen molar-refractivity contribution in [1.82, 2.24) is 20.5 Å². The summed E-state index contributed by atoms with van der Waals surface area (Å²) >= 11 is 0. The van der Waals surface area contributed by atoms with Crippen LogP contribution in [0.2, 0.25) is 0 Å². The highest BCUT2D eigenvalue weighted by molar-refractivity contribution is 5.70. The highest BCUT2D eigenvalue weighted by atomic mass is 15.2. The zero-order chi connectivity index (χ0) is 9.97. The van der Waals surface area contributed by atoms with Gasteiger partial charge in [0.1, 0.15) is 5.82 Å². The molecule has 0 amide bonds. The minimum Gasteiger partial charge on any atom is -0.365 e. The van der Waals surface area contributed by atoms with Crippen molar-refractivity contribution in [3.05, 3.63) is 41.8 Å². The van der Waals surface area contributed by atoms with E-state index in [1.165, 1.54) is 0 Å². The Morgan fingerprint density at radius 1 is 1.29 bits per heavy atom. The molecule has 0 saturated heterocycles. The van der Waals surface area contributed by atoms with Crippen LogP contribution in [-0.2, 0) is 0 Å². The predicted molar refractivity (Wildman–Crippen MR) is 55.1 cm³/mol. The Kier molecular flexibility index (Phi) is 2.18. The molecule has 1 aliphatic rings. The molecule has 0 aromatic carbocycles. The molecule has 2 rings (SSSR count). The molecule has 4 heteroatoms. The molecule has 0 unspecified atom stereocenters. The zero-order valence-corrected chi connectivity index (χ0v) is 8.20. The first-order chi connectivity index (χ1) is 6.75. The van der Waals surface area contributed by atoms with Gasteiger partial charge in [-0.3, -0.25) is 5.10 Å². The molecule has 1 aromatic heterocycles. The summed E-state index contributed by atoms with van der Waals surface area (Å²) in [5.41, 5.74) is 2.07. The number of aryl methyl sites for hydroxylation is 1. The first-order valence-corrected chi connectivity index (χ1v) is 4.47. The van der Waals surface area contributed by atoms with Crippen molar-refractivity contribution in [2.45, 2.75) is 13.8 Å². The largest absolute Gasteiger partial charge is 0.365 e. The Labute approximate surface area is 82.4 Å². The maximum absolute atomic E-state index is 4.25. The van der Waals surface area contributed by atoms with Crippen molar-refractivity contribution in [1.29, 1.82) is 0 Å². The number of rotatable bonds is 1. The number of allylic oxidation sites excluding steroid dienone is 5. The lowest BCUT2D eigenvalue weighted by atomic mass is 10.2. The van der Waals surface area contributed by atoms with Crippen molar-refractivity contribution >= 4 is 5.57 Å². The molecule has 0 radical (unpaired) electrons. The Morgan fingerprint density at radius 3 is 2.86 bits per heavy atom. The Bertz CT molecular complexity index is 423. The number of nitrogens with one attached hydrogen (secondary N) is 2. The van der Waals surface area contributed by atoms with Crippen LogP contribution in [-0.4, -0.2) is 15.2 Å². The summed E-state index contributed by atoms with van der Waals surface area (Å²) in [6, 6.07) is 0. The lowest BCUT2D eigenvalue weighted by molar-refractivity contribution is 1.03. The van der Waals surface area contributed by atoms with Crippen molar-refractivity contribution in [2.75, 3.05) is 0 Å². The monoisotopic (exact) mass is 188 g/mol. The predicted octanol–water partition coefficient (Wildman–Crippen LogP) is 1.52. The Balaban J connectivity index is 2.29. The molecule has 1 aliphatic heterocycles. The van der Waals surface area contributed by atoms with Gasteiger partial charge in [-0.2, -0.15) is 5.10 Å². The summed E-state index contributed by atoms with van der Waals surface area (Å²) in [5, 5.41) is 10.0. The van der Waals surface area contributed by atoms with Gasteiger partial charge >= 0.3 is 0 Å². The molecule has 72 valence electrons. The summed E-state index contributed by atoms with van der Waals surface area (Å²) in [6.07, 6.45) is 7.86. The van der Waals surface area contributed by atoms with Gasteiger partial charge < -0.3 is 5.32 Å². The number of H-pyrrole nitrogens is 1. The van der Waals surface area contributed by atoms with E-state index >= 15 is 0 Å². The summed E-state index contributed by atoms with van der Waals surface area (Å²) in [6.45, 7) is 3.89. The van der Waals surface area contributed by atoms with Gasteiger partial charge in [0.05, 0.1) is 0 Å². The molecule has 4 nitrogen and oxygen atoms in total. The number of hydrogen-bond acceptors (Lipinski definition) is 3. The second kappa shape index (κ2) is 3.49. The summed E-state index contributed by atoms with van der Waals surface area (Å²) in [7, 11) is 0. The molecule has 0 saturated carbocycles. The number of aromatic amines is 1. The summed E-state index contributed by atoms with van der Waals surface area (Å²) in [4.78, 5) is 4.25. The van der Waals surface area contributed by atoms with Gasteiger partial charge in [0.25, 0.3) is 0 Å². The Hall–Kier alpha value is -1.84. The SMILES string of the molecule is CC1=CC=CC(c2n[nH]c(C)n2)=CN1. The standard InChI is InChI=1S/C10H12N4/c1-7-4-3-5-9(6-11-7)10-12-8(2)13-14-10/h3-6,11H,1-2H3,(H,12,13,14). The molecule has 0 aliphatic carbocycles. The van der Waals surface area contributed by atoms with Gasteiger partial charge in [-0.1, -0.05) is 6.08 Å². The van der Waals surface area contributed by atoms with E-state index in [1.54, 1.807) is 0 Å². The van der Waals surface area contributed by atoms with E-state index in [9.17, 15) is 0 Å².